The van der Waals surface area contributed by atoms with Crippen LogP contribution in [0.1, 0.15) is 0 Å². The van der Waals surface area contributed by atoms with Crippen molar-refractivity contribution < 1.29 is 0 Å². The zero-order valence-corrected chi connectivity index (χ0v) is 37.1. The summed E-state index contributed by atoms with van der Waals surface area (Å²) in [5.74, 6) is 0.679. The van der Waals surface area contributed by atoms with E-state index in [1.54, 1.807) is 0 Å². The highest BCUT2D eigenvalue weighted by atomic mass is 32.1. The lowest BCUT2D eigenvalue weighted by Crippen LogP contribution is -1.97. The standard InChI is InChI=1S/C63H39N3S/c1-2-17-43(18-3-1)63-65-58(39-59(66-63)55-37-51(57-26-10-11-31-64-57)38-56-61-54-24-9-7-16-42(54)29-30-60(61)67-62(55)56)47-22-12-21-45(33-47)48-34-49(46-28-27-40-14-4-5-19-44(40)32-46)36-50(35-48)53-25-13-20-41-15-6-8-23-52(41)53/h1-39H. The summed E-state index contributed by atoms with van der Waals surface area (Å²) in [6.07, 6.45) is 1.87. The molecule has 0 aliphatic heterocycles. The van der Waals surface area contributed by atoms with E-state index >= 15 is 0 Å². The number of hydrogen-bond donors (Lipinski definition) is 0. The van der Waals surface area contributed by atoms with Gasteiger partial charge < -0.3 is 0 Å². The molecule has 0 radical (unpaired) electrons. The maximum atomic E-state index is 5.41. The molecule has 0 bridgehead atoms. The van der Waals surface area contributed by atoms with Gasteiger partial charge in [0.15, 0.2) is 5.82 Å². The van der Waals surface area contributed by atoms with Gasteiger partial charge in [-0.2, -0.15) is 0 Å². The van der Waals surface area contributed by atoms with E-state index < -0.39 is 0 Å². The molecule has 3 aromatic heterocycles. The van der Waals surface area contributed by atoms with Crippen molar-refractivity contribution in [2.75, 3.05) is 0 Å². The number of pyridine rings is 1. The maximum Gasteiger partial charge on any atom is 0.160 e. The molecule has 0 N–H and O–H groups in total. The Bertz CT molecular complexity index is 4040. The Morgan fingerprint density at radius 3 is 1.76 bits per heavy atom. The van der Waals surface area contributed by atoms with E-state index in [0.717, 1.165) is 50.5 Å². The van der Waals surface area contributed by atoms with Gasteiger partial charge in [0, 0.05) is 48.6 Å². The molecule has 67 heavy (non-hydrogen) atoms. The molecule has 0 atom stereocenters. The summed E-state index contributed by atoms with van der Waals surface area (Å²) < 4.78 is 2.43. The molecule has 4 heteroatoms. The van der Waals surface area contributed by atoms with Crippen LogP contribution in [0.2, 0.25) is 0 Å². The molecule has 3 heterocycles. The van der Waals surface area contributed by atoms with Gasteiger partial charge in [-0.1, -0.05) is 164 Å². The minimum absolute atomic E-state index is 0.679. The van der Waals surface area contributed by atoms with Crippen LogP contribution in [0.25, 0.3) is 131 Å². The van der Waals surface area contributed by atoms with Crippen LogP contribution in [0.3, 0.4) is 0 Å². The monoisotopic (exact) mass is 869 g/mol. The summed E-state index contributed by atoms with van der Waals surface area (Å²) in [5, 5.41) is 9.84. The topological polar surface area (TPSA) is 38.7 Å². The largest absolute Gasteiger partial charge is 0.256 e. The average Bonchev–Trinajstić information content (AvgIpc) is 3.80. The van der Waals surface area contributed by atoms with E-state index in [1.165, 1.54) is 74.7 Å². The van der Waals surface area contributed by atoms with Crippen molar-refractivity contribution in [3.8, 4) is 78.5 Å². The van der Waals surface area contributed by atoms with Crippen molar-refractivity contribution in [3.05, 3.63) is 237 Å². The lowest BCUT2D eigenvalue weighted by Gasteiger charge is -2.15. The molecule has 10 aromatic carbocycles. The minimum atomic E-state index is 0.679. The van der Waals surface area contributed by atoms with Crippen molar-refractivity contribution >= 4 is 63.8 Å². The van der Waals surface area contributed by atoms with E-state index in [0.29, 0.717) is 5.82 Å². The second kappa shape index (κ2) is 16.1. The molecule has 0 aliphatic rings. The molecule has 312 valence electrons. The van der Waals surface area contributed by atoms with Gasteiger partial charge in [0.25, 0.3) is 0 Å². The van der Waals surface area contributed by atoms with E-state index in [4.69, 9.17) is 15.0 Å². The van der Waals surface area contributed by atoms with Crippen molar-refractivity contribution in [1.29, 1.82) is 0 Å². The maximum absolute atomic E-state index is 5.41. The Morgan fingerprint density at radius 1 is 0.299 bits per heavy atom. The Hall–Kier alpha value is -8.57. The Morgan fingerprint density at radius 2 is 0.925 bits per heavy atom. The van der Waals surface area contributed by atoms with Crippen molar-refractivity contribution in [3.63, 3.8) is 0 Å². The van der Waals surface area contributed by atoms with Crippen molar-refractivity contribution in [2.24, 2.45) is 0 Å². The fourth-order valence-electron chi connectivity index (χ4n) is 9.79. The van der Waals surface area contributed by atoms with E-state index in [9.17, 15) is 0 Å². The van der Waals surface area contributed by atoms with Crippen LogP contribution < -0.4 is 0 Å². The minimum Gasteiger partial charge on any atom is -0.256 e. The Kier molecular flexibility index (Phi) is 9.36. The van der Waals surface area contributed by atoms with Gasteiger partial charge in [-0.15, -0.1) is 11.3 Å². The number of hydrogen-bond acceptors (Lipinski definition) is 4. The molecule has 13 aromatic rings. The first-order valence-electron chi connectivity index (χ1n) is 22.6. The van der Waals surface area contributed by atoms with Gasteiger partial charge in [0.2, 0.25) is 0 Å². The van der Waals surface area contributed by atoms with Crippen LogP contribution in [-0.4, -0.2) is 15.0 Å². The Balaban J connectivity index is 1.02. The van der Waals surface area contributed by atoms with Gasteiger partial charge in [0.1, 0.15) is 0 Å². The van der Waals surface area contributed by atoms with E-state index in [2.05, 4.69) is 218 Å². The predicted molar refractivity (Wildman–Crippen MR) is 283 cm³/mol. The van der Waals surface area contributed by atoms with Crippen LogP contribution in [0, 0.1) is 0 Å². The zero-order chi connectivity index (χ0) is 44.3. The van der Waals surface area contributed by atoms with Crippen LogP contribution in [0.4, 0.5) is 0 Å². The third-order valence-electron chi connectivity index (χ3n) is 13.1. The fourth-order valence-corrected chi connectivity index (χ4v) is 11.0. The SMILES string of the molecule is c1ccc(-c2nc(-c3cccc(-c4cc(-c5ccc6ccccc6c5)cc(-c5cccc6ccccc56)c4)c3)cc(-c3cc(-c4ccccn4)cc4c3sc3ccc5ccccc5c34)n2)cc1. The lowest BCUT2D eigenvalue weighted by molar-refractivity contribution is 1.19. The van der Waals surface area contributed by atoms with Gasteiger partial charge in [0.05, 0.1) is 17.1 Å². The molecule has 0 saturated carbocycles. The third kappa shape index (κ3) is 7.03. The molecule has 13 rings (SSSR count). The first kappa shape index (κ1) is 38.9. The molecule has 0 saturated heterocycles. The molecular formula is C63H39N3S. The number of aromatic nitrogens is 3. The second-order valence-electron chi connectivity index (χ2n) is 17.2. The van der Waals surface area contributed by atoms with Gasteiger partial charge in [-0.25, -0.2) is 9.97 Å². The predicted octanol–water partition coefficient (Wildman–Crippen LogP) is 17.4. The highest BCUT2D eigenvalue weighted by Gasteiger charge is 2.20. The van der Waals surface area contributed by atoms with Crippen LogP contribution in [0.5, 0.6) is 0 Å². The first-order valence-corrected chi connectivity index (χ1v) is 23.5. The molecule has 0 unspecified atom stereocenters. The number of nitrogens with zero attached hydrogens (tertiary/aromatic N) is 3. The molecule has 0 spiro atoms. The number of benzene rings is 10. The molecule has 0 amide bonds. The summed E-state index contributed by atoms with van der Waals surface area (Å²) in [5.41, 5.74) is 13.7. The first-order chi connectivity index (χ1) is 33.2. The van der Waals surface area contributed by atoms with E-state index in [1.807, 2.05) is 29.7 Å². The van der Waals surface area contributed by atoms with E-state index in [-0.39, 0.29) is 0 Å². The molecule has 3 nitrogen and oxygen atoms in total. The highest BCUT2D eigenvalue weighted by Crippen LogP contribution is 2.46. The van der Waals surface area contributed by atoms with Gasteiger partial charge in [-0.05, 0) is 132 Å². The van der Waals surface area contributed by atoms with Gasteiger partial charge in [-0.3, -0.25) is 4.98 Å². The summed E-state index contributed by atoms with van der Waals surface area (Å²) in [6.45, 7) is 0. The van der Waals surface area contributed by atoms with Crippen LogP contribution in [-0.2, 0) is 0 Å². The average molecular weight is 870 g/mol. The van der Waals surface area contributed by atoms with Crippen molar-refractivity contribution in [2.45, 2.75) is 0 Å². The van der Waals surface area contributed by atoms with Crippen LogP contribution >= 0.6 is 11.3 Å². The Labute approximate surface area is 392 Å². The second-order valence-corrected chi connectivity index (χ2v) is 18.2. The smallest absolute Gasteiger partial charge is 0.160 e. The fraction of sp³-hybridized carbons (Fsp3) is 0. The zero-order valence-electron chi connectivity index (χ0n) is 36.3. The summed E-state index contributed by atoms with van der Waals surface area (Å²) in [6, 6.07) is 82.9. The number of rotatable bonds is 7. The number of fused-ring (bicyclic) bond motifs is 7. The normalized spacial score (nSPS) is 11.6. The quantitative estimate of drug-likeness (QED) is 0.160. The summed E-state index contributed by atoms with van der Waals surface area (Å²) in [4.78, 5) is 15.6. The molecule has 0 fully saturated rings. The highest BCUT2D eigenvalue weighted by molar-refractivity contribution is 7.26. The number of thiophene rings is 1. The molecular weight excluding hydrogens is 831 g/mol. The summed E-state index contributed by atoms with van der Waals surface area (Å²) >= 11 is 1.82. The van der Waals surface area contributed by atoms with Crippen molar-refractivity contribution in [1.82, 2.24) is 15.0 Å². The van der Waals surface area contributed by atoms with Crippen LogP contribution in [0.15, 0.2) is 237 Å². The summed E-state index contributed by atoms with van der Waals surface area (Å²) in [7, 11) is 0. The third-order valence-corrected chi connectivity index (χ3v) is 14.3. The van der Waals surface area contributed by atoms with Gasteiger partial charge >= 0.3 is 0 Å². The molecule has 0 aliphatic carbocycles. The lowest BCUT2D eigenvalue weighted by atomic mass is 9.90.